The van der Waals surface area contributed by atoms with Gasteiger partial charge in [0.15, 0.2) is 23.4 Å². The number of benzene rings is 1. The lowest BCUT2D eigenvalue weighted by molar-refractivity contribution is -0.154. The van der Waals surface area contributed by atoms with E-state index in [4.69, 9.17) is 14.2 Å². The molecule has 3 heterocycles. The van der Waals surface area contributed by atoms with Gasteiger partial charge in [-0.15, -0.1) is 0 Å². The Labute approximate surface area is 145 Å². The number of rotatable bonds is 1. The van der Waals surface area contributed by atoms with Crippen molar-refractivity contribution < 1.29 is 23.8 Å². The molecule has 5 rings (SSSR count). The topological polar surface area (TPSA) is 65.1 Å². The van der Waals surface area contributed by atoms with Gasteiger partial charge in [0, 0.05) is 38.9 Å². The quantitative estimate of drug-likeness (QED) is 0.727. The van der Waals surface area contributed by atoms with Crippen LogP contribution in [0.2, 0.25) is 0 Å². The number of ketones is 1. The normalized spacial score (nSPS) is 32.1. The lowest BCUT2D eigenvalue weighted by Crippen LogP contribution is -2.50. The van der Waals surface area contributed by atoms with Gasteiger partial charge in [-0.25, -0.2) is 0 Å². The Bertz CT molecular complexity index is 829. The van der Waals surface area contributed by atoms with Crippen molar-refractivity contribution in [3.63, 3.8) is 0 Å². The zero-order valence-corrected chi connectivity index (χ0v) is 14.2. The molecular weight excluding hydrogens is 322 g/mol. The van der Waals surface area contributed by atoms with E-state index in [0.29, 0.717) is 5.75 Å². The highest BCUT2D eigenvalue weighted by Gasteiger charge is 2.50. The second kappa shape index (κ2) is 5.08. The molecule has 0 N–H and O–H groups in total. The number of nitrogens with zero attached hydrogens (tertiary/aromatic N) is 1. The van der Waals surface area contributed by atoms with E-state index in [1.54, 1.807) is 6.08 Å². The SMILES string of the molecule is CC(=O)O[C@@H]1C(=O)C=C2CCN3Cc4cc5c(cc4[C@H]1[C@@H]23)O[C@H](C)O5. The molecule has 0 aromatic heterocycles. The summed E-state index contributed by atoms with van der Waals surface area (Å²) in [5, 5.41) is 0. The van der Waals surface area contributed by atoms with Crippen LogP contribution in [0.3, 0.4) is 0 Å². The minimum atomic E-state index is -0.774. The number of esters is 1. The first-order valence-corrected chi connectivity index (χ1v) is 8.67. The predicted molar refractivity (Wildman–Crippen MR) is 87.4 cm³/mol. The first-order chi connectivity index (χ1) is 12.0. The lowest BCUT2D eigenvalue weighted by Gasteiger charge is -2.43. The predicted octanol–water partition coefficient (Wildman–Crippen LogP) is 1.92. The molecule has 6 nitrogen and oxygen atoms in total. The first kappa shape index (κ1) is 15.0. The number of carbonyl (C=O) groups excluding carboxylic acids is 2. The van der Waals surface area contributed by atoms with E-state index >= 15 is 0 Å². The van der Waals surface area contributed by atoms with Gasteiger partial charge in [0.25, 0.3) is 0 Å². The molecule has 1 aromatic rings. The van der Waals surface area contributed by atoms with Crippen molar-refractivity contribution in [2.45, 2.75) is 51.2 Å². The zero-order chi connectivity index (χ0) is 17.3. The summed E-state index contributed by atoms with van der Waals surface area (Å²) in [4.78, 5) is 26.6. The summed E-state index contributed by atoms with van der Waals surface area (Å²) in [5.74, 6) is 0.703. The highest BCUT2D eigenvalue weighted by Crippen LogP contribution is 2.50. The van der Waals surface area contributed by atoms with Gasteiger partial charge in [-0.05, 0) is 41.3 Å². The molecule has 6 heteroatoms. The van der Waals surface area contributed by atoms with Crippen LogP contribution in [0.15, 0.2) is 23.8 Å². The van der Waals surface area contributed by atoms with Crippen LogP contribution in [-0.2, 0) is 20.9 Å². The molecule has 4 aliphatic rings. The molecule has 1 fully saturated rings. The van der Waals surface area contributed by atoms with Gasteiger partial charge >= 0.3 is 5.97 Å². The Balaban J connectivity index is 1.66. The van der Waals surface area contributed by atoms with Crippen LogP contribution in [0.1, 0.15) is 37.3 Å². The third-order valence-electron chi connectivity index (χ3n) is 5.55. The van der Waals surface area contributed by atoms with Crippen LogP contribution in [0.4, 0.5) is 0 Å². The summed E-state index contributed by atoms with van der Waals surface area (Å²) in [6.07, 6.45) is 1.49. The van der Waals surface area contributed by atoms with Crippen LogP contribution in [0.5, 0.6) is 11.5 Å². The lowest BCUT2D eigenvalue weighted by atomic mass is 9.73. The van der Waals surface area contributed by atoms with E-state index in [2.05, 4.69) is 4.90 Å². The Morgan fingerprint density at radius 3 is 2.80 bits per heavy atom. The van der Waals surface area contributed by atoms with Crippen LogP contribution in [-0.4, -0.2) is 41.6 Å². The van der Waals surface area contributed by atoms with Crippen molar-refractivity contribution >= 4 is 11.8 Å². The summed E-state index contributed by atoms with van der Waals surface area (Å²) in [6.45, 7) is 4.92. The first-order valence-electron chi connectivity index (χ1n) is 8.67. The molecule has 0 radical (unpaired) electrons. The molecule has 25 heavy (non-hydrogen) atoms. The number of hydrogen-bond acceptors (Lipinski definition) is 6. The van der Waals surface area contributed by atoms with Gasteiger partial charge in [0.1, 0.15) is 0 Å². The van der Waals surface area contributed by atoms with Crippen molar-refractivity contribution in [1.29, 1.82) is 0 Å². The van der Waals surface area contributed by atoms with Crippen molar-refractivity contribution in [2.24, 2.45) is 0 Å². The summed E-state index contributed by atoms with van der Waals surface area (Å²) in [5.41, 5.74) is 3.30. The minimum absolute atomic E-state index is 0.118. The molecule has 1 saturated heterocycles. The molecule has 130 valence electrons. The molecule has 1 aromatic carbocycles. The second-order valence-corrected chi connectivity index (χ2v) is 7.14. The Morgan fingerprint density at radius 1 is 1.28 bits per heavy atom. The molecule has 4 atom stereocenters. The monoisotopic (exact) mass is 341 g/mol. The van der Waals surface area contributed by atoms with Crippen LogP contribution < -0.4 is 9.47 Å². The van der Waals surface area contributed by atoms with Crippen molar-refractivity contribution in [3.8, 4) is 11.5 Å². The summed E-state index contributed by atoms with van der Waals surface area (Å²) >= 11 is 0. The third-order valence-corrected chi connectivity index (χ3v) is 5.55. The summed E-state index contributed by atoms with van der Waals surface area (Å²) < 4.78 is 16.9. The highest BCUT2D eigenvalue weighted by atomic mass is 16.7. The molecule has 1 aliphatic carbocycles. The Morgan fingerprint density at radius 2 is 2.04 bits per heavy atom. The van der Waals surface area contributed by atoms with Gasteiger partial charge in [-0.1, -0.05) is 0 Å². The van der Waals surface area contributed by atoms with E-state index in [9.17, 15) is 9.59 Å². The van der Waals surface area contributed by atoms with Crippen molar-refractivity contribution in [3.05, 3.63) is 34.9 Å². The molecule has 3 aliphatic heterocycles. The van der Waals surface area contributed by atoms with Gasteiger partial charge in [0.05, 0.1) is 0 Å². The van der Waals surface area contributed by atoms with E-state index in [0.717, 1.165) is 42.0 Å². The van der Waals surface area contributed by atoms with Crippen molar-refractivity contribution in [2.75, 3.05) is 6.54 Å². The smallest absolute Gasteiger partial charge is 0.303 e. The van der Waals surface area contributed by atoms with E-state index in [1.807, 2.05) is 19.1 Å². The standard InChI is InChI=1S/C19H19NO5/c1-9(21)23-19-14(22)5-11-3-4-20-8-12-6-15-16(25-10(2)24-15)7-13(12)17(19)18(11)20/h5-7,10,17-19H,3-4,8H2,1-2H3/t10-,17+,18-,19-/m1/s1. The minimum Gasteiger partial charge on any atom is -0.453 e. The number of fused-ring (bicyclic) bond motifs is 3. The fourth-order valence-electron chi connectivity index (χ4n) is 4.69. The summed E-state index contributed by atoms with van der Waals surface area (Å²) in [7, 11) is 0. The van der Waals surface area contributed by atoms with Crippen LogP contribution in [0.25, 0.3) is 0 Å². The molecule has 0 unspecified atom stereocenters. The largest absolute Gasteiger partial charge is 0.453 e. The molecule has 0 spiro atoms. The van der Waals surface area contributed by atoms with Gasteiger partial charge in [-0.2, -0.15) is 0 Å². The van der Waals surface area contributed by atoms with E-state index in [-0.39, 0.29) is 24.0 Å². The second-order valence-electron chi connectivity index (χ2n) is 7.14. The zero-order valence-electron chi connectivity index (χ0n) is 14.2. The Kier molecular flexibility index (Phi) is 3.04. The third kappa shape index (κ3) is 2.13. The maximum absolute atomic E-state index is 12.6. The maximum Gasteiger partial charge on any atom is 0.303 e. The highest BCUT2D eigenvalue weighted by molar-refractivity contribution is 5.98. The van der Waals surface area contributed by atoms with E-state index < -0.39 is 12.1 Å². The van der Waals surface area contributed by atoms with Crippen molar-refractivity contribution in [1.82, 2.24) is 4.90 Å². The Hall–Kier alpha value is -2.34. The average molecular weight is 341 g/mol. The molecular formula is C19H19NO5. The van der Waals surface area contributed by atoms with Gasteiger partial charge in [0.2, 0.25) is 6.29 Å². The maximum atomic E-state index is 12.6. The van der Waals surface area contributed by atoms with Crippen LogP contribution in [0, 0.1) is 0 Å². The fraction of sp³-hybridized carbons (Fsp3) is 0.474. The molecule has 0 amide bonds. The van der Waals surface area contributed by atoms with Gasteiger partial charge in [-0.3, -0.25) is 14.5 Å². The van der Waals surface area contributed by atoms with Crippen LogP contribution >= 0.6 is 0 Å². The van der Waals surface area contributed by atoms with Gasteiger partial charge < -0.3 is 14.2 Å². The fourth-order valence-corrected chi connectivity index (χ4v) is 4.69. The number of hydrogen-bond donors (Lipinski definition) is 0. The number of ether oxygens (including phenoxy) is 3. The summed E-state index contributed by atoms with van der Waals surface area (Å²) in [6, 6.07) is 4.10. The average Bonchev–Trinajstić information content (AvgIpc) is 3.10. The molecule has 0 saturated carbocycles. The number of carbonyl (C=O) groups is 2. The molecule has 0 bridgehead atoms. The van der Waals surface area contributed by atoms with E-state index in [1.165, 1.54) is 6.92 Å².